The fourth-order valence-corrected chi connectivity index (χ4v) is 4.73. The Kier molecular flexibility index (Phi) is 4.51. The SMILES string of the molecule is C=C(C(=C)[Si](C)(C)OC)[Si](C)(C)OC. The monoisotopic (exact) mass is 230 g/mol. The summed E-state index contributed by atoms with van der Waals surface area (Å²) in [6.45, 7) is 16.7. The van der Waals surface area contributed by atoms with Crippen molar-refractivity contribution in [2.45, 2.75) is 26.2 Å². The highest BCUT2D eigenvalue weighted by atomic mass is 28.4. The Labute approximate surface area is 89.9 Å². The summed E-state index contributed by atoms with van der Waals surface area (Å²) in [7, 11) is -0.134. The number of hydrogen-bond donors (Lipinski definition) is 0. The minimum Gasteiger partial charge on any atom is -0.416 e. The van der Waals surface area contributed by atoms with Gasteiger partial charge in [-0.1, -0.05) is 13.2 Å². The van der Waals surface area contributed by atoms with Crippen LogP contribution in [0.2, 0.25) is 26.2 Å². The molecule has 0 saturated heterocycles. The smallest absolute Gasteiger partial charge is 0.216 e. The Morgan fingerprint density at radius 1 is 0.786 bits per heavy atom. The van der Waals surface area contributed by atoms with Gasteiger partial charge in [0.1, 0.15) is 0 Å². The first-order valence-electron chi connectivity index (χ1n) is 4.68. The van der Waals surface area contributed by atoms with Crippen LogP contribution in [0.4, 0.5) is 0 Å². The third-order valence-corrected chi connectivity index (χ3v) is 8.64. The van der Waals surface area contributed by atoms with Crippen molar-refractivity contribution in [2.75, 3.05) is 14.2 Å². The minimum atomic E-state index is -1.81. The van der Waals surface area contributed by atoms with Crippen LogP contribution in [0, 0.1) is 0 Å². The van der Waals surface area contributed by atoms with Gasteiger partial charge in [-0.2, -0.15) is 0 Å². The van der Waals surface area contributed by atoms with Crippen molar-refractivity contribution in [3.8, 4) is 0 Å². The Morgan fingerprint density at radius 3 is 1.14 bits per heavy atom. The van der Waals surface area contributed by atoms with Crippen LogP contribution in [-0.4, -0.2) is 30.9 Å². The van der Waals surface area contributed by atoms with Crippen molar-refractivity contribution in [2.24, 2.45) is 0 Å². The van der Waals surface area contributed by atoms with E-state index < -0.39 is 16.6 Å². The molecule has 0 aromatic rings. The number of hydrogen-bond acceptors (Lipinski definition) is 2. The van der Waals surface area contributed by atoms with E-state index in [1.165, 1.54) is 0 Å². The van der Waals surface area contributed by atoms with Crippen LogP contribution in [0.25, 0.3) is 0 Å². The summed E-state index contributed by atoms with van der Waals surface area (Å²) >= 11 is 0. The van der Waals surface area contributed by atoms with Gasteiger partial charge >= 0.3 is 0 Å². The van der Waals surface area contributed by atoms with Crippen LogP contribution in [0.15, 0.2) is 23.6 Å². The van der Waals surface area contributed by atoms with Crippen molar-refractivity contribution in [3.63, 3.8) is 0 Å². The topological polar surface area (TPSA) is 18.5 Å². The Hall–Kier alpha value is -0.166. The summed E-state index contributed by atoms with van der Waals surface area (Å²) in [4.78, 5) is 0. The maximum absolute atomic E-state index is 5.51. The second-order valence-corrected chi connectivity index (χ2v) is 12.5. The summed E-state index contributed by atoms with van der Waals surface area (Å²) in [5, 5.41) is 2.14. The molecule has 0 saturated carbocycles. The maximum atomic E-state index is 5.51. The zero-order valence-electron chi connectivity index (χ0n) is 10.2. The predicted molar refractivity (Wildman–Crippen MR) is 67.3 cm³/mol. The lowest BCUT2D eigenvalue weighted by Gasteiger charge is -2.31. The lowest BCUT2D eigenvalue weighted by Crippen LogP contribution is -2.41. The lowest BCUT2D eigenvalue weighted by atomic mass is 10.6. The molecule has 0 heterocycles. The normalized spacial score (nSPS) is 12.7. The van der Waals surface area contributed by atoms with E-state index in [9.17, 15) is 0 Å². The van der Waals surface area contributed by atoms with Crippen LogP contribution in [0.5, 0.6) is 0 Å². The van der Waals surface area contributed by atoms with Crippen LogP contribution in [0.1, 0.15) is 0 Å². The van der Waals surface area contributed by atoms with Gasteiger partial charge < -0.3 is 8.85 Å². The van der Waals surface area contributed by atoms with E-state index in [4.69, 9.17) is 8.85 Å². The Morgan fingerprint density at radius 2 is 1.00 bits per heavy atom. The van der Waals surface area contributed by atoms with Gasteiger partial charge in [-0.05, 0) is 36.6 Å². The first-order valence-corrected chi connectivity index (χ1v) is 10.5. The zero-order chi connectivity index (χ0) is 11.6. The molecule has 0 aliphatic carbocycles. The van der Waals surface area contributed by atoms with Crippen molar-refractivity contribution in [1.82, 2.24) is 0 Å². The second kappa shape index (κ2) is 4.57. The van der Waals surface area contributed by atoms with Crippen LogP contribution in [-0.2, 0) is 8.85 Å². The molecule has 0 aliphatic rings. The molecule has 0 aliphatic heterocycles. The van der Waals surface area contributed by atoms with Crippen molar-refractivity contribution in [3.05, 3.63) is 23.6 Å². The van der Waals surface area contributed by atoms with E-state index in [1.807, 2.05) is 0 Å². The van der Waals surface area contributed by atoms with Gasteiger partial charge in [0, 0.05) is 14.2 Å². The van der Waals surface area contributed by atoms with Gasteiger partial charge in [-0.25, -0.2) is 0 Å². The van der Waals surface area contributed by atoms with Gasteiger partial charge in [-0.15, -0.1) is 0 Å². The summed E-state index contributed by atoms with van der Waals surface area (Å²) in [6, 6.07) is 0. The highest BCUT2D eigenvalue weighted by molar-refractivity contribution is 6.87. The lowest BCUT2D eigenvalue weighted by molar-refractivity contribution is 0.407. The van der Waals surface area contributed by atoms with Crippen molar-refractivity contribution < 1.29 is 8.85 Å². The molecule has 0 fully saturated rings. The first kappa shape index (κ1) is 13.8. The highest BCUT2D eigenvalue weighted by Crippen LogP contribution is 2.27. The zero-order valence-corrected chi connectivity index (χ0v) is 12.2. The minimum absolute atomic E-state index is 1.07. The average molecular weight is 230 g/mol. The average Bonchev–Trinajstić information content (AvgIpc) is 2.15. The summed E-state index contributed by atoms with van der Waals surface area (Å²) < 4.78 is 11.0. The standard InChI is InChI=1S/C10H22O2Si2/c1-9(13(5,6)11-3)10(2)14(7,8)12-4/h1-2H2,3-8H3. The molecule has 0 bridgehead atoms. The fraction of sp³-hybridized carbons (Fsp3) is 0.600. The molecule has 0 rings (SSSR count). The first-order chi connectivity index (χ1) is 6.19. The van der Waals surface area contributed by atoms with Crippen LogP contribution >= 0.6 is 0 Å². The third kappa shape index (κ3) is 2.91. The molecule has 2 nitrogen and oxygen atoms in total. The molecule has 4 heteroatoms. The molecule has 14 heavy (non-hydrogen) atoms. The molecule has 0 radical (unpaired) electrons. The molecule has 0 N–H and O–H groups in total. The molecule has 0 atom stereocenters. The van der Waals surface area contributed by atoms with E-state index in [2.05, 4.69) is 39.3 Å². The van der Waals surface area contributed by atoms with E-state index in [1.54, 1.807) is 14.2 Å². The maximum Gasteiger partial charge on any atom is 0.216 e. The van der Waals surface area contributed by atoms with Crippen molar-refractivity contribution >= 4 is 16.6 Å². The molecule has 0 aromatic carbocycles. The predicted octanol–water partition coefficient (Wildman–Crippen LogP) is 2.88. The van der Waals surface area contributed by atoms with Gasteiger partial charge in [0.15, 0.2) is 0 Å². The number of rotatable bonds is 5. The van der Waals surface area contributed by atoms with Crippen molar-refractivity contribution in [1.29, 1.82) is 0 Å². The van der Waals surface area contributed by atoms with Gasteiger partial charge in [0.05, 0.1) is 0 Å². The molecular formula is C10H22O2Si2. The Balaban J connectivity index is 4.82. The molecular weight excluding hydrogens is 208 g/mol. The summed E-state index contributed by atoms with van der Waals surface area (Å²) in [6.07, 6.45) is 0. The molecule has 0 aromatic heterocycles. The van der Waals surface area contributed by atoms with Crippen LogP contribution < -0.4 is 0 Å². The fourth-order valence-electron chi connectivity index (χ4n) is 0.973. The second-order valence-electron chi connectivity index (χ2n) is 4.39. The summed E-state index contributed by atoms with van der Waals surface area (Å²) in [5.41, 5.74) is 0. The highest BCUT2D eigenvalue weighted by Gasteiger charge is 2.35. The van der Waals surface area contributed by atoms with Gasteiger partial charge in [0.2, 0.25) is 16.6 Å². The molecule has 0 amide bonds. The largest absolute Gasteiger partial charge is 0.416 e. The molecule has 0 spiro atoms. The molecule has 82 valence electrons. The molecule has 0 unspecified atom stereocenters. The van der Waals surface area contributed by atoms with Gasteiger partial charge in [-0.3, -0.25) is 0 Å². The van der Waals surface area contributed by atoms with E-state index >= 15 is 0 Å². The van der Waals surface area contributed by atoms with Gasteiger partial charge in [0.25, 0.3) is 0 Å². The van der Waals surface area contributed by atoms with E-state index in [-0.39, 0.29) is 0 Å². The van der Waals surface area contributed by atoms with E-state index in [0.29, 0.717) is 0 Å². The number of allylic oxidation sites excluding steroid dienone is 2. The summed E-state index contributed by atoms with van der Waals surface area (Å²) in [5.74, 6) is 0. The quantitative estimate of drug-likeness (QED) is 0.534. The van der Waals surface area contributed by atoms with E-state index in [0.717, 1.165) is 10.4 Å². The Bertz CT molecular complexity index is 219. The van der Waals surface area contributed by atoms with Crippen LogP contribution in [0.3, 0.4) is 0 Å². The third-order valence-electron chi connectivity index (χ3n) is 2.84.